The number of ether oxygens (including phenoxy) is 2. The molecular weight excluding hydrogens is 594 g/mol. The first-order chi connectivity index (χ1) is 21.5. The van der Waals surface area contributed by atoms with Crippen LogP contribution in [0.1, 0.15) is 36.7 Å². The zero-order chi connectivity index (χ0) is 32.7. The van der Waals surface area contributed by atoms with Crippen LogP contribution in [-0.4, -0.2) is 135 Å². The van der Waals surface area contributed by atoms with Crippen molar-refractivity contribution in [1.82, 2.24) is 25.0 Å². The van der Waals surface area contributed by atoms with E-state index in [1.54, 1.807) is 31.2 Å². The summed E-state index contributed by atoms with van der Waals surface area (Å²) in [7, 11) is 0. The zero-order valence-corrected chi connectivity index (χ0v) is 24.6. The SMILES string of the molecule is CCOC(=O)N1CCN(C(=O)[C@H](CCC(=O)O)NC(=O)c2cc(OCC(=O)N3C[C@@H](O)C[C@H]3C(=O)O)c3ccccc3n2)CC1. The fourth-order valence-corrected chi connectivity index (χ4v) is 5.23. The Bertz CT molecular complexity index is 1460. The molecule has 1 aromatic carbocycles. The average molecular weight is 630 g/mol. The number of nitrogens with one attached hydrogen (secondary N) is 1. The predicted octanol–water partition coefficient (Wildman–Crippen LogP) is -0.0761. The van der Waals surface area contributed by atoms with Crippen molar-refractivity contribution >= 4 is 46.7 Å². The van der Waals surface area contributed by atoms with Gasteiger partial charge in [0.1, 0.15) is 23.5 Å². The van der Waals surface area contributed by atoms with Crippen molar-refractivity contribution in [3.05, 3.63) is 36.0 Å². The third-order valence-corrected chi connectivity index (χ3v) is 7.51. The Morgan fingerprint density at radius 1 is 1.04 bits per heavy atom. The second-order valence-electron chi connectivity index (χ2n) is 10.6. The lowest BCUT2D eigenvalue weighted by atomic mass is 10.1. The predicted molar refractivity (Wildman–Crippen MR) is 154 cm³/mol. The number of benzene rings is 1. The van der Waals surface area contributed by atoms with Gasteiger partial charge in [-0.3, -0.25) is 19.2 Å². The molecule has 2 aromatic rings. The number of β-amino-alcohol motifs (C(OH)–C–C–N with tert-alkyl or cyclic N) is 1. The first kappa shape index (κ1) is 32.9. The minimum atomic E-state index is -1.25. The Balaban J connectivity index is 1.50. The summed E-state index contributed by atoms with van der Waals surface area (Å²) < 4.78 is 10.7. The molecule has 0 spiro atoms. The van der Waals surface area contributed by atoms with Gasteiger partial charge in [-0.1, -0.05) is 12.1 Å². The molecule has 0 aliphatic carbocycles. The number of amides is 4. The number of hydrogen-bond acceptors (Lipinski definition) is 10. The van der Waals surface area contributed by atoms with Gasteiger partial charge >= 0.3 is 18.0 Å². The van der Waals surface area contributed by atoms with Gasteiger partial charge in [0.25, 0.3) is 11.8 Å². The van der Waals surface area contributed by atoms with Crippen molar-refractivity contribution in [3.63, 3.8) is 0 Å². The number of carbonyl (C=O) groups is 6. The van der Waals surface area contributed by atoms with Crippen LogP contribution in [0, 0.1) is 0 Å². The number of nitrogens with zero attached hydrogens (tertiary/aromatic N) is 4. The van der Waals surface area contributed by atoms with Gasteiger partial charge < -0.3 is 44.8 Å². The molecule has 0 unspecified atom stereocenters. The minimum absolute atomic E-state index is 0.0919. The first-order valence-electron chi connectivity index (χ1n) is 14.4. The smallest absolute Gasteiger partial charge is 0.409 e. The number of aliphatic hydroxyl groups excluding tert-OH is 1. The monoisotopic (exact) mass is 629 g/mol. The van der Waals surface area contributed by atoms with E-state index in [4.69, 9.17) is 9.47 Å². The normalized spacial score (nSPS) is 18.8. The van der Waals surface area contributed by atoms with Crippen LogP contribution in [0.3, 0.4) is 0 Å². The maximum absolute atomic E-state index is 13.4. The number of aliphatic carboxylic acids is 2. The van der Waals surface area contributed by atoms with Crippen molar-refractivity contribution in [1.29, 1.82) is 0 Å². The van der Waals surface area contributed by atoms with Crippen LogP contribution in [0.2, 0.25) is 0 Å². The third kappa shape index (κ3) is 8.14. The Kier molecular flexibility index (Phi) is 10.7. The highest BCUT2D eigenvalue weighted by atomic mass is 16.6. The van der Waals surface area contributed by atoms with Gasteiger partial charge in [0.2, 0.25) is 5.91 Å². The molecule has 0 saturated carbocycles. The number of pyridine rings is 1. The number of aromatic nitrogens is 1. The van der Waals surface area contributed by atoms with Gasteiger partial charge in [0.05, 0.1) is 18.2 Å². The standard InChI is InChI=1S/C29H35N5O11/c1-2-44-29(43)33-11-9-32(10-12-33)27(40)20(7-8-25(37)38)31-26(39)21-14-23(18-5-3-4-6-19(18)30-21)45-16-24(36)34-15-17(35)13-22(34)28(41)42/h3-6,14,17,20,22,35H,2,7-13,15-16H2,1H3,(H,31,39)(H,37,38)(H,41,42)/t17-,20-,22-/m0/s1. The number of carbonyl (C=O) groups excluding carboxylic acids is 4. The van der Waals surface area contributed by atoms with E-state index >= 15 is 0 Å². The molecule has 4 rings (SSSR count). The van der Waals surface area contributed by atoms with Gasteiger partial charge in [0, 0.05) is 57.0 Å². The molecule has 3 atom stereocenters. The van der Waals surface area contributed by atoms with Crippen LogP contribution in [0.5, 0.6) is 5.75 Å². The van der Waals surface area contributed by atoms with Crippen LogP contribution in [0.4, 0.5) is 4.79 Å². The molecule has 16 heteroatoms. The summed E-state index contributed by atoms with van der Waals surface area (Å²) in [6, 6.07) is 5.49. The van der Waals surface area contributed by atoms with E-state index in [9.17, 15) is 44.1 Å². The summed E-state index contributed by atoms with van der Waals surface area (Å²) in [5.41, 5.74) is 0.160. The fraction of sp³-hybridized carbons (Fsp3) is 0.483. The third-order valence-electron chi connectivity index (χ3n) is 7.51. The Morgan fingerprint density at radius 2 is 1.73 bits per heavy atom. The number of fused-ring (bicyclic) bond motifs is 1. The molecule has 242 valence electrons. The van der Waals surface area contributed by atoms with E-state index < -0.39 is 67.0 Å². The highest BCUT2D eigenvalue weighted by molar-refractivity contribution is 5.99. The molecule has 4 amide bonds. The van der Waals surface area contributed by atoms with Crippen molar-refractivity contribution in [2.75, 3.05) is 45.9 Å². The summed E-state index contributed by atoms with van der Waals surface area (Å²) >= 11 is 0. The second-order valence-corrected chi connectivity index (χ2v) is 10.6. The second kappa shape index (κ2) is 14.7. The van der Waals surface area contributed by atoms with E-state index in [-0.39, 0.29) is 63.6 Å². The lowest BCUT2D eigenvalue weighted by Crippen LogP contribution is -2.56. The highest BCUT2D eigenvalue weighted by Gasteiger charge is 2.39. The minimum Gasteiger partial charge on any atom is -0.483 e. The number of rotatable bonds is 11. The van der Waals surface area contributed by atoms with Crippen LogP contribution in [-0.2, 0) is 23.9 Å². The molecule has 2 saturated heterocycles. The summed E-state index contributed by atoms with van der Waals surface area (Å²) in [5.74, 6) is -4.30. The summed E-state index contributed by atoms with van der Waals surface area (Å²) in [5, 5.41) is 31.6. The van der Waals surface area contributed by atoms with Crippen LogP contribution in [0.15, 0.2) is 30.3 Å². The molecule has 0 radical (unpaired) electrons. The number of para-hydroxylation sites is 1. The fourth-order valence-electron chi connectivity index (χ4n) is 5.23. The summed E-state index contributed by atoms with van der Waals surface area (Å²) in [6.45, 7) is 1.89. The lowest BCUT2D eigenvalue weighted by molar-refractivity contribution is -0.149. The first-order valence-corrected chi connectivity index (χ1v) is 14.4. The van der Waals surface area contributed by atoms with E-state index in [0.717, 1.165) is 4.90 Å². The van der Waals surface area contributed by atoms with Crippen LogP contribution >= 0.6 is 0 Å². The van der Waals surface area contributed by atoms with Crippen molar-refractivity contribution < 1.29 is 53.6 Å². The lowest BCUT2D eigenvalue weighted by Gasteiger charge is -2.35. The Hall–Kier alpha value is -4.99. The molecule has 3 heterocycles. The van der Waals surface area contributed by atoms with Gasteiger partial charge in [0.15, 0.2) is 6.61 Å². The van der Waals surface area contributed by atoms with E-state index in [1.807, 2.05) is 0 Å². The molecular formula is C29H35N5O11. The molecule has 2 aliphatic heterocycles. The molecule has 4 N–H and O–H groups in total. The maximum atomic E-state index is 13.4. The van der Waals surface area contributed by atoms with Crippen LogP contribution in [0.25, 0.3) is 10.9 Å². The number of piperazine rings is 1. The van der Waals surface area contributed by atoms with E-state index in [0.29, 0.717) is 10.9 Å². The number of likely N-dealkylation sites (tertiary alicyclic amines) is 1. The van der Waals surface area contributed by atoms with E-state index in [2.05, 4.69) is 10.3 Å². The Labute approximate surface area is 257 Å². The largest absolute Gasteiger partial charge is 0.483 e. The van der Waals surface area contributed by atoms with Crippen molar-refractivity contribution in [3.8, 4) is 5.75 Å². The number of aliphatic hydroxyl groups is 1. The topological polar surface area (TPSA) is 216 Å². The average Bonchev–Trinajstić information content (AvgIpc) is 3.43. The molecule has 1 aromatic heterocycles. The molecule has 45 heavy (non-hydrogen) atoms. The number of carboxylic acid groups (broad SMARTS) is 2. The van der Waals surface area contributed by atoms with Crippen LogP contribution < -0.4 is 10.1 Å². The molecule has 2 aliphatic rings. The summed E-state index contributed by atoms with van der Waals surface area (Å²) in [4.78, 5) is 82.8. The van der Waals surface area contributed by atoms with Gasteiger partial charge in [-0.2, -0.15) is 0 Å². The van der Waals surface area contributed by atoms with Gasteiger partial charge in [-0.15, -0.1) is 0 Å². The van der Waals surface area contributed by atoms with Gasteiger partial charge in [-0.05, 0) is 25.5 Å². The zero-order valence-electron chi connectivity index (χ0n) is 24.6. The van der Waals surface area contributed by atoms with E-state index in [1.165, 1.54) is 15.9 Å². The highest BCUT2D eigenvalue weighted by Crippen LogP contribution is 2.26. The molecule has 2 fully saturated rings. The quantitative estimate of drug-likeness (QED) is 0.257. The molecule has 16 nitrogen and oxygen atoms in total. The van der Waals surface area contributed by atoms with Crippen molar-refractivity contribution in [2.45, 2.75) is 44.4 Å². The maximum Gasteiger partial charge on any atom is 0.409 e. The Morgan fingerprint density at radius 3 is 2.40 bits per heavy atom. The van der Waals surface area contributed by atoms with Gasteiger partial charge in [-0.25, -0.2) is 14.6 Å². The number of carboxylic acids is 2. The molecule has 0 bridgehead atoms. The van der Waals surface area contributed by atoms with Crippen molar-refractivity contribution in [2.24, 2.45) is 0 Å². The summed E-state index contributed by atoms with van der Waals surface area (Å²) in [6.07, 6.45) is -2.18. The number of hydrogen-bond donors (Lipinski definition) is 4.